The molecule has 0 heterocycles. The van der Waals surface area contributed by atoms with Gasteiger partial charge < -0.3 is 0 Å². The van der Waals surface area contributed by atoms with Crippen LogP contribution >= 0.6 is 0 Å². The molecule has 0 aliphatic rings. The van der Waals surface area contributed by atoms with Crippen LogP contribution in [0, 0.1) is 0 Å². The van der Waals surface area contributed by atoms with Crippen LogP contribution in [0.5, 0.6) is 0 Å². The molecule has 126 valence electrons. The zero-order valence-corrected chi connectivity index (χ0v) is 21.8. The molecule has 1 nitrogen and oxygen atoms in total. The molecule has 0 saturated heterocycles. The summed E-state index contributed by atoms with van der Waals surface area (Å²) in [6.45, 7) is 9.25. The van der Waals surface area contributed by atoms with Crippen molar-refractivity contribution in [2.75, 3.05) is 0 Å². The van der Waals surface area contributed by atoms with Gasteiger partial charge in [0.05, 0.1) is 0 Å². The van der Waals surface area contributed by atoms with Crippen molar-refractivity contribution in [1.29, 1.82) is 0 Å². The van der Waals surface area contributed by atoms with Crippen molar-refractivity contribution in [1.82, 2.24) is 0 Å². The van der Waals surface area contributed by atoms with E-state index in [1.165, 1.54) is 75.4 Å². The van der Waals surface area contributed by atoms with E-state index in [2.05, 4.69) is 27.7 Å². The fraction of sp³-hybridized carbons (Fsp3) is 0.944. The van der Waals surface area contributed by atoms with Crippen LogP contribution in [-0.4, -0.2) is 45.8 Å². The van der Waals surface area contributed by atoms with E-state index in [-0.39, 0.29) is 0 Å². The van der Waals surface area contributed by atoms with Crippen molar-refractivity contribution < 1.29 is 4.79 Å². The Morgan fingerprint density at radius 2 is 0.952 bits per heavy atom. The third-order valence-corrected chi connectivity index (χ3v) is 46.0. The van der Waals surface area contributed by atoms with Crippen LogP contribution in [-0.2, 0) is 4.79 Å². The van der Waals surface area contributed by atoms with Crippen LogP contribution in [0.1, 0.15) is 79.1 Å². The molecule has 0 amide bonds. The van der Waals surface area contributed by atoms with Crippen LogP contribution < -0.4 is 0 Å². The minimum absolute atomic E-state index is 0.741. The number of rotatable bonds is 15. The molecular formula is C18H40OSn2. The summed E-state index contributed by atoms with van der Waals surface area (Å²) in [5, 5.41) is 0. The minimum atomic E-state index is -1.59. The molecule has 0 aliphatic carbocycles. The average Bonchev–Trinajstić information content (AvgIpc) is 2.51. The molecule has 0 N–H and O–H groups in total. The van der Waals surface area contributed by atoms with Gasteiger partial charge in [-0.1, -0.05) is 0 Å². The van der Waals surface area contributed by atoms with Crippen LogP contribution in [0.3, 0.4) is 0 Å². The molecule has 0 rings (SSSR count). The Labute approximate surface area is 148 Å². The van der Waals surface area contributed by atoms with Gasteiger partial charge in [-0.05, 0) is 0 Å². The summed E-state index contributed by atoms with van der Waals surface area (Å²) in [6.07, 6.45) is 12.5. The van der Waals surface area contributed by atoms with E-state index in [9.17, 15) is 4.79 Å². The zero-order valence-electron chi connectivity index (χ0n) is 15.2. The van der Waals surface area contributed by atoms with E-state index in [0.29, 0.717) is 0 Å². The first-order valence-corrected chi connectivity index (χ1v) is 22.8. The molecule has 0 radical (unpaired) electrons. The van der Waals surface area contributed by atoms with E-state index in [4.69, 9.17) is 0 Å². The van der Waals surface area contributed by atoms with Crippen molar-refractivity contribution in [3.05, 3.63) is 0 Å². The number of hydrogen-bond donors (Lipinski definition) is 0. The third-order valence-electron chi connectivity index (χ3n) is 4.96. The first-order valence-electron chi connectivity index (χ1n) is 9.70. The first-order chi connectivity index (χ1) is 10.2. The summed E-state index contributed by atoms with van der Waals surface area (Å²) >= 11 is -3.18. The number of hydrogen-bond acceptors (Lipinski definition) is 1. The molecule has 0 saturated carbocycles. The zero-order chi connectivity index (χ0) is 15.9. The Kier molecular flexibility index (Phi) is 17.1. The molecule has 0 atom stereocenters. The van der Waals surface area contributed by atoms with Gasteiger partial charge in [0, 0.05) is 0 Å². The van der Waals surface area contributed by atoms with Gasteiger partial charge in [-0.25, -0.2) is 0 Å². The molecular weight excluding hydrogens is 470 g/mol. The van der Waals surface area contributed by atoms with Gasteiger partial charge in [0.15, 0.2) is 0 Å². The molecule has 21 heavy (non-hydrogen) atoms. The van der Waals surface area contributed by atoms with Gasteiger partial charge in [-0.2, -0.15) is 0 Å². The summed E-state index contributed by atoms with van der Waals surface area (Å²) in [5.74, 6) is 0. The Balaban J connectivity index is 4.77. The van der Waals surface area contributed by atoms with E-state index in [1.807, 2.05) is 0 Å². The van der Waals surface area contributed by atoms with Gasteiger partial charge in [0.1, 0.15) is 0 Å². The van der Waals surface area contributed by atoms with Crippen LogP contribution in [0.15, 0.2) is 0 Å². The second-order valence-corrected chi connectivity index (χ2v) is 32.7. The molecule has 0 aromatic carbocycles. The molecule has 0 spiro atoms. The summed E-state index contributed by atoms with van der Waals surface area (Å²) in [6, 6.07) is 0. The normalized spacial score (nSPS) is 11.8. The number of aldehydes is 1. The summed E-state index contributed by atoms with van der Waals surface area (Å²) in [4.78, 5) is 11.9. The predicted octanol–water partition coefficient (Wildman–Crippen LogP) is 5.75. The first kappa shape index (κ1) is 22.3. The summed E-state index contributed by atoms with van der Waals surface area (Å²) < 4.78 is 6.82. The van der Waals surface area contributed by atoms with Crippen molar-refractivity contribution in [3.63, 3.8) is 0 Å². The van der Waals surface area contributed by atoms with Crippen LogP contribution in [0.4, 0.5) is 0 Å². The van der Waals surface area contributed by atoms with E-state index in [0.717, 1.165) is 1.95 Å². The maximum absolute atomic E-state index is 11.9. The van der Waals surface area contributed by atoms with Gasteiger partial charge in [0.25, 0.3) is 0 Å². The number of unbranched alkanes of at least 4 members (excludes halogenated alkanes) is 4. The Morgan fingerprint density at radius 3 is 1.14 bits per heavy atom. The molecule has 0 aromatic heterocycles. The SMILES string of the molecule is CCC[CH2][SnH]([CH2]CCC)[CH](C=O)[SnH]([CH2]CCC)[CH2]CCC. The molecule has 0 aromatic rings. The monoisotopic (exact) mass is 512 g/mol. The van der Waals surface area contributed by atoms with Crippen LogP contribution in [0.2, 0.25) is 19.7 Å². The fourth-order valence-electron chi connectivity index (χ4n) is 3.53. The second kappa shape index (κ2) is 16.1. The van der Waals surface area contributed by atoms with E-state index >= 15 is 0 Å². The van der Waals surface area contributed by atoms with Gasteiger partial charge in [-0.3, -0.25) is 0 Å². The maximum atomic E-state index is 11.9. The molecule has 0 fully saturated rings. The number of carbonyl (C=O) groups excluding carboxylic acids is 1. The molecule has 0 aliphatic heterocycles. The van der Waals surface area contributed by atoms with Gasteiger partial charge >= 0.3 is 149 Å². The van der Waals surface area contributed by atoms with Crippen LogP contribution in [0.25, 0.3) is 0 Å². The predicted molar refractivity (Wildman–Crippen MR) is 103 cm³/mol. The quantitative estimate of drug-likeness (QED) is 0.203. The van der Waals surface area contributed by atoms with Gasteiger partial charge in [0.2, 0.25) is 0 Å². The second-order valence-electron chi connectivity index (χ2n) is 6.80. The van der Waals surface area contributed by atoms with Crippen molar-refractivity contribution in [2.45, 2.75) is 98.8 Å². The average molecular weight is 510 g/mol. The summed E-state index contributed by atoms with van der Waals surface area (Å²) in [7, 11) is 0. The van der Waals surface area contributed by atoms with Crippen molar-refractivity contribution >= 4 is 45.8 Å². The summed E-state index contributed by atoms with van der Waals surface area (Å²) in [5.41, 5.74) is 0. The Morgan fingerprint density at radius 1 is 0.667 bits per heavy atom. The van der Waals surface area contributed by atoms with E-state index in [1.54, 1.807) is 0 Å². The third kappa shape index (κ3) is 10.6. The molecule has 0 unspecified atom stereocenters. The van der Waals surface area contributed by atoms with Crippen molar-refractivity contribution in [3.8, 4) is 0 Å². The fourth-order valence-corrected chi connectivity index (χ4v) is 53.2. The standard InChI is InChI=1S/4C4H9.C2H2O.2Sn.2H/c4*1-3-4-2;1-2-3;;;;/h4*1,3-4H2,2H3;1-2H;;;;. The molecule has 3 heteroatoms. The number of carbonyl (C=O) groups is 1. The van der Waals surface area contributed by atoms with Gasteiger partial charge in [-0.15, -0.1) is 0 Å². The Hall–Kier alpha value is 1.27. The van der Waals surface area contributed by atoms with Crippen molar-refractivity contribution in [2.24, 2.45) is 0 Å². The van der Waals surface area contributed by atoms with E-state index < -0.39 is 39.5 Å². The Bertz CT molecular complexity index is 197. The molecule has 0 bridgehead atoms. The topological polar surface area (TPSA) is 17.1 Å².